The van der Waals surface area contributed by atoms with Crippen LogP contribution < -0.4 is 4.74 Å². The third-order valence-electron chi connectivity index (χ3n) is 0.921. The first-order valence-electron chi connectivity index (χ1n) is 2.39. The summed E-state index contributed by atoms with van der Waals surface area (Å²) in [5, 5.41) is 10.2. The van der Waals surface area contributed by atoms with Crippen LogP contribution in [-0.2, 0) is 0 Å². The molecule has 0 unspecified atom stereocenters. The van der Waals surface area contributed by atoms with E-state index in [9.17, 15) is 0 Å². The van der Waals surface area contributed by atoms with Crippen LogP contribution in [0.5, 0.6) is 5.75 Å². The lowest BCUT2D eigenvalue weighted by Crippen LogP contribution is -1.75. The number of thiophene rings is 1. The minimum absolute atomic E-state index is 0.687. The molecular weight excluding hydrogens is 134 g/mol. The van der Waals surface area contributed by atoms with E-state index in [0.717, 1.165) is 5.75 Å². The second-order valence-corrected chi connectivity index (χ2v) is 2.37. The van der Waals surface area contributed by atoms with E-state index in [1.165, 1.54) is 11.3 Å². The minimum Gasteiger partial charge on any atom is -0.496 e. The van der Waals surface area contributed by atoms with E-state index in [4.69, 9.17) is 10.00 Å². The number of nitriles is 1. The van der Waals surface area contributed by atoms with E-state index >= 15 is 0 Å². The fourth-order valence-electron chi connectivity index (χ4n) is 0.484. The monoisotopic (exact) mass is 139 g/mol. The first-order chi connectivity index (χ1) is 4.36. The summed E-state index contributed by atoms with van der Waals surface area (Å²) in [5.74, 6) is 0.761. The van der Waals surface area contributed by atoms with Crippen molar-refractivity contribution in [3.63, 3.8) is 0 Å². The molecule has 0 aliphatic rings. The molecular formula is C6H5NOS. The molecule has 0 aliphatic heterocycles. The Morgan fingerprint density at radius 1 is 1.78 bits per heavy atom. The summed E-state index contributed by atoms with van der Waals surface area (Å²) in [7, 11) is 1.59. The van der Waals surface area contributed by atoms with Gasteiger partial charge in [-0.2, -0.15) is 5.26 Å². The molecule has 0 fully saturated rings. The number of methoxy groups -OCH3 is 1. The van der Waals surface area contributed by atoms with Gasteiger partial charge in [-0.15, -0.1) is 11.3 Å². The lowest BCUT2D eigenvalue weighted by Gasteiger charge is -1.87. The van der Waals surface area contributed by atoms with Crippen LogP contribution in [-0.4, -0.2) is 7.11 Å². The van der Waals surface area contributed by atoms with Gasteiger partial charge in [-0.1, -0.05) is 0 Å². The highest BCUT2D eigenvalue weighted by molar-refractivity contribution is 7.10. The summed E-state index contributed by atoms with van der Waals surface area (Å²) in [5.41, 5.74) is 0. The number of hydrogen-bond donors (Lipinski definition) is 0. The second kappa shape index (κ2) is 2.51. The van der Waals surface area contributed by atoms with Crippen LogP contribution in [0.1, 0.15) is 4.88 Å². The van der Waals surface area contributed by atoms with Crippen molar-refractivity contribution < 1.29 is 4.74 Å². The molecule has 2 nitrogen and oxygen atoms in total. The Hall–Kier alpha value is -1.01. The normalized spacial score (nSPS) is 8.44. The highest BCUT2D eigenvalue weighted by Crippen LogP contribution is 2.19. The molecule has 1 aromatic rings. The van der Waals surface area contributed by atoms with Crippen molar-refractivity contribution in [2.24, 2.45) is 0 Å². The lowest BCUT2D eigenvalue weighted by atomic mass is 10.5. The Morgan fingerprint density at radius 3 is 2.89 bits per heavy atom. The van der Waals surface area contributed by atoms with Crippen LogP contribution >= 0.6 is 11.3 Å². The van der Waals surface area contributed by atoms with Gasteiger partial charge in [0.1, 0.15) is 16.7 Å². The molecule has 0 atom stereocenters. The number of hydrogen-bond acceptors (Lipinski definition) is 3. The maximum Gasteiger partial charge on any atom is 0.130 e. The van der Waals surface area contributed by atoms with E-state index in [1.807, 2.05) is 6.07 Å². The Morgan fingerprint density at radius 2 is 2.56 bits per heavy atom. The van der Waals surface area contributed by atoms with Gasteiger partial charge in [0.2, 0.25) is 0 Å². The Bertz CT molecular complexity index is 235. The van der Waals surface area contributed by atoms with Crippen molar-refractivity contribution in [3.05, 3.63) is 16.3 Å². The van der Waals surface area contributed by atoms with E-state index in [0.29, 0.717) is 4.88 Å². The molecule has 1 rings (SSSR count). The first kappa shape index (κ1) is 6.12. The van der Waals surface area contributed by atoms with Gasteiger partial charge in [0.05, 0.1) is 7.11 Å². The fraction of sp³-hybridized carbons (Fsp3) is 0.167. The Labute approximate surface area is 57.3 Å². The summed E-state index contributed by atoms with van der Waals surface area (Å²) in [6, 6.07) is 3.73. The summed E-state index contributed by atoms with van der Waals surface area (Å²) in [4.78, 5) is 0.687. The highest BCUT2D eigenvalue weighted by Gasteiger charge is 1.95. The average molecular weight is 139 g/mol. The largest absolute Gasteiger partial charge is 0.496 e. The van der Waals surface area contributed by atoms with Gasteiger partial charge in [-0.05, 0) is 0 Å². The van der Waals surface area contributed by atoms with Gasteiger partial charge in [-0.3, -0.25) is 0 Å². The molecule has 0 aromatic carbocycles. The smallest absolute Gasteiger partial charge is 0.130 e. The summed E-state index contributed by atoms with van der Waals surface area (Å²) < 4.78 is 4.86. The summed E-state index contributed by atoms with van der Waals surface area (Å²) in [6.07, 6.45) is 0. The zero-order valence-electron chi connectivity index (χ0n) is 4.92. The van der Waals surface area contributed by atoms with Crippen molar-refractivity contribution in [2.45, 2.75) is 0 Å². The van der Waals surface area contributed by atoms with Crippen molar-refractivity contribution in [1.82, 2.24) is 0 Å². The van der Waals surface area contributed by atoms with Crippen molar-refractivity contribution in [2.75, 3.05) is 7.11 Å². The van der Waals surface area contributed by atoms with E-state index in [1.54, 1.807) is 18.6 Å². The van der Waals surface area contributed by atoms with Gasteiger partial charge >= 0.3 is 0 Å². The third-order valence-corrected chi connectivity index (χ3v) is 1.73. The molecule has 0 amide bonds. The topological polar surface area (TPSA) is 33.0 Å². The third kappa shape index (κ3) is 1.21. The predicted octanol–water partition coefficient (Wildman–Crippen LogP) is 1.63. The van der Waals surface area contributed by atoms with Crippen LogP contribution in [0.3, 0.4) is 0 Å². The Kier molecular flexibility index (Phi) is 1.71. The summed E-state index contributed by atoms with van der Waals surface area (Å²) >= 11 is 1.39. The molecule has 1 heterocycles. The maximum atomic E-state index is 8.35. The van der Waals surface area contributed by atoms with Gasteiger partial charge < -0.3 is 4.74 Å². The molecule has 0 aliphatic carbocycles. The maximum absolute atomic E-state index is 8.35. The number of ether oxygens (including phenoxy) is 1. The highest BCUT2D eigenvalue weighted by atomic mass is 32.1. The van der Waals surface area contributed by atoms with Crippen LogP contribution in [0, 0.1) is 11.3 Å². The summed E-state index contributed by atoms with van der Waals surface area (Å²) in [6.45, 7) is 0. The standard InChI is InChI=1S/C6H5NOS/c1-8-5-2-6(3-7)9-4-5/h2,4H,1H3. The molecule has 0 saturated carbocycles. The zero-order valence-corrected chi connectivity index (χ0v) is 5.73. The fourth-order valence-corrected chi connectivity index (χ4v) is 1.13. The predicted molar refractivity (Wildman–Crippen MR) is 35.6 cm³/mol. The minimum atomic E-state index is 0.687. The van der Waals surface area contributed by atoms with E-state index in [2.05, 4.69) is 0 Å². The molecule has 3 heteroatoms. The van der Waals surface area contributed by atoms with E-state index < -0.39 is 0 Å². The molecule has 0 spiro atoms. The quantitative estimate of drug-likeness (QED) is 0.592. The lowest BCUT2D eigenvalue weighted by molar-refractivity contribution is 0.416. The van der Waals surface area contributed by atoms with Crippen LogP contribution in [0.15, 0.2) is 11.4 Å². The molecule has 1 aromatic heterocycles. The van der Waals surface area contributed by atoms with Crippen molar-refractivity contribution >= 4 is 11.3 Å². The van der Waals surface area contributed by atoms with Gasteiger partial charge in [0.15, 0.2) is 0 Å². The Balaban J connectivity index is 2.90. The van der Waals surface area contributed by atoms with Gasteiger partial charge in [-0.25, -0.2) is 0 Å². The first-order valence-corrected chi connectivity index (χ1v) is 3.27. The SMILES string of the molecule is COc1csc(C#N)c1. The van der Waals surface area contributed by atoms with Crippen LogP contribution in [0.25, 0.3) is 0 Å². The van der Waals surface area contributed by atoms with E-state index in [-0.39, 0.29) is 0 Å². The van der Waals surface area contributed by atoms with Crippen LogP contribution in [0.4, 0.5) is 0 Å². The average Bonchev–Trinajstić information content (AvgIpc) is 2.34. The number of nitrogens with zero attached hydrogens (tertiary/aromatic N) is 1. The van der Waals surface area contributed by atoms with Gasteiger partial charge in [0.25, 0.3) is 0 Å². The van der Waals surface area contributed by atoms with Gasteiger partial charge in [0, 0.05) is 11.4 Å². The van der Waals surface area contributed by atoms with Crippen molar-refractivity contribution in [1.29, 1.82) is 5.26 Å². The molecule has 0 bridgehead atoms. The van der Waals surface area contributed by atoms with Crippen molar-refractivity contribution in [3.8, 4) is 11.8 Å². The zero-order chi connectivity index (χ0) is 6.69. The van der Waals surface area contributed by atoms with Crippen LogP contribution in [0.2, 0.25) is 0 Å². The molecule has 0 radical (unpaired) electrons. The molecule has 0 N–H and O–H groups in total. The molecule has 9 heavy (non-hydrogen) atoms. The molecule has 46 valence electrons. The molecule has 0 saturated heterocycles. The second-order valence-electron chi connectivity index (χ2n) is 1.46. The number of rotatable bonds is 1.